The maximum atomic E-state index is 12.4. The van der Waals surface area contributed by atoms with Crippen molar-refractivity contribution in [3.8, 4) is 0 Å². The van der Waals surface area contributed by atoms with Crippen molar-refractivity contribution in [2.75, 3.05) is 0 Å². The molecule has 0 N–H and O–H groups in total. The lowest BCUT2D eigenvalue weighted by Gasteiger charge is -2.40. The summed E-state index contributed by atoms with van der Waals surface area (Å²) in [5.41, 5.74) is 2.17. The minimum Gasteiger partial charge on any atom is -0.457 e. The molecular formula is C23H36O3Si. The van der Waals surface area contributed by atoms with Crippen molar-refractivity contribution < 1.29 is 14.0 Å². The highest BCUT2D eigenvalue weighted by molar-refractivity contribution is 6.74. The third kappa shape index (κ3) is 6.32. The fourth-order valence-corrected chi connectivity index (χ4v) is 4.45. The molecule has 0 unspecified atom stereocenters. The van der Waals surface area contributed by atoms with Crippen molar-refractivity contribution >= 4 is 14.3 Å². The first kappa shape index (κ1) is 21.9. The molecule has 27 heavy (non-hydrogen) atoms. The molecule has 0 aliphatic carbocycles. The number of esters is 1. The smallest absolute Gasteiger partial charge is 0.306 e. The van der Waals surface area contributed by atoms with E-state index in [4.69, 9.17) is 9.16 Å². The lowest BCUT2D eigenvalue weighted by Crippen LogP contribution is -2.44. The second kappa shape index (κ2) is 9.20. The second-order valence-corrected chi connectivity index (χ2v) is 14.0. The van der Waals surface area contributed by atoms with Gasteiger partial charge in [-0.2, -0.15) is 0 Å². The zero-order valence-corrected chi connectivity index (χ0v) is 18.7. The zero-order chi connectivity index (χ0) is 20.1. The van der Waals surface area contributed by atoms with E-state index in [-0.39, 0.29) is 23.2 Å². The zero-order valence-electron chi connectivity index (χ0n) is 17.7. The first-order chi connectivity index (χ1) is 12.6. The molecule has 3 nitrogen and oxygen atoms in total. The SMILES string of the molecule is C=C1CCCCCC(=O)O[C@@H](c2ccccc2)C[C@H]1O[Si](C)(C)C(C)(C)C. The molecule has 150 valence electrons. The van der Waals surface area contributed by atoms with Gasteiger partial charge in [0.2, 0.25) is 0 Å². The molecule has 4 heteroatoms. The summed E-state index contributed by atoms with van der Waals surface area (Å²) in [6, 6.07) is 10.0. The Labute approximate surface area is 166 Å². The summed E-state index contributed by atoms with van der Waals surface area (Å²) in [7, 11) is -1.96. The molecule has 0 bridgehead atoms. The minimum atomic E-state index is -1.96. The van der Waals surface area contributed by atoms with E-state index in [1.165, 1.54) is 0 Å². The Bertz CT molecular complexity index is 631. The standard InChI is InChI=1S/C23H36O3Si/c1-18-13-9-7-12-16-22(24)25-21(19-14-10-8-11-15-19)17-20(18)26-27(5,6)23(2,3)4/h8,10-11,14-15,20-21H,1,7,9,12-13,16-17H2,2-6H3/t20-,21-/m1/s1. The summed E-state index contributed by atoms with van der Waals surface area (Å²) in [4.78, 5) is 12.4. The van der Waals surface area contributed by atoms with Crippen LogP contribution in [0.1, 0.15) is 71.0 Å². The van der Waals surface area contributed by atoms with Crippen LogP contribution in [0.2, 0.25) is 18.1 Å². The summed E-state index contributed by atoms with van der Waals surface area (Å²) in [6.45, 7) is 15.7. The molecule has 0 amide bonds. The van der Waals surface area contributed by atoms with Crippen molar-refractivity contribution in [3.05, 3.63) is 48.0 Å². The highest BCUT2D eigenvalue weighted by Crippen LogP contribution is 2.40. The van der Waals surface area contributed by atoms with Crippen LogP contribution in [-0.4, -0.2) is 20.4 Å². The Morgan fingerprint density at radius 2 is 1.70 bits per heavy atom. The van der Waals surface area contributed by atoms with Crippen molar-refractivity contribution in [3.63, 3.8) is 0 Å². The molecule has 0 saturated carbocycles. The van der Waals surface area contributed by atoms with Crippen LogP contribution >= 0.6 is 0 Å². The van der Waals surface area contributed by atoms with E-state index in [2.05, 4.69) is 40.4 Å². The van der Waals surface area contributed by atoms with E-state index in [1.807, 2.05) is 30.3 Å². The monoisotopic (exact) mass is 388 g/mol. The van der Waals surface area contributed by atoms with Gasteiger partial charge in [0.15, 0.2) is 8.32 Å². The molecule has 1 fully saturated rings. The number of carbonyl (C=O) groups excluding carboxylic acids is 1. The van der Waals surface area contributed by atoms with Gasteiger partial charge >= 0.3 is 5.97 Å². The van der Waals surface area contributed by atoms with E-state index >= 15 is 0 Å². The first-order valence-corrected chi connectivity index (χ1v) is 13.1. The molecule has 1 aromatic carbocycles. The predicted molar refractivity (Wildman–Crippen MR) is 114 cm³/mol. The Morgan fingerprint density at radius 3 is 2.33 bits per heavy atom. The Balaban J connectivity index is 2.31. The average Bonchev–Trinajstić information content (AvgIpc) is 2.61. The molecule has 1 saturated heterocycles. The minimum absolute atomic E-state index is 0.0815. The third-order valence-corrected chi connectivity index (χ3v) is 10.4. The summed E-state index contributed by atoms with van der Waals surface area (Å²) >= 11 is 0. The van der Waals surface area contributed by atoms with E-state index in [1.54, 1.807) is 0 Å². The van der Waals surface area contributed by atoms with Crippen LogP contribution in [0.15, 0.2) is 42.5 Å². The first-order valence-electron chi connectivity index (χ1n) is 10.2. The van der Waals surface area contributed by atoms with Crippen molar-refractivity contribution in [2.24, 2.45) is 0 Å². The lowest BCUT2D eigenvalue weighted by atomic mass is 9.96. The second-order valence-electron chi connectivity index (χ2n) is 9.21. The summed E-state index contributed by atoms with van der Waals surface area (Å²) in [6.07, 6.45) is 4.67. The normalized spacial score (nSPS) is 23.4. The number of benzene rings is 1. The number of hydrogen-bond donors (Lipinski definition) is 0. The number of cyclic esters (lactones) is 1. The van der Waals surface area contributed by atoms with E-state index in [0.29, 0.717) is 12.8 Å². The number of carbonyl (C=O) groups is 1. The van der Waals surface area contributed by atoms with Gasteiger partial charge in [0.25, 0.3) is 0 Å². The van der Waals surface area contributed by atoms with Gasteiger partial charge in [-0.05, 0) is 48.5 Å². The average molecular weight is 389 g/mol. The summed E-state index contributed by atoms with van der Waals surface area (Å²) in [5.74, 6) is -0.109. The highest BCUT2D eigenvalue weighted by atomic mass is 28.4. The van der Waals surface area contributed by atoms with Crippen molar-refractivity contribution in [1.29, 1.82) is 0 Å². The molecule has 1 heterocycles. The Morgan fingerprint density at radius 1 is 1.07 bits per heavy atom. The Hall–Kier alpha value is -1.39. The van der Waals surface area contributed by atoms with E-state index in [9.17, 15) is 4.79 Å². The molecule has 0 spiro atoms. The fraction of sp³-hybridized carbons (Fsp3) is 0.609. The van der Waals surface area contributed by atoms with E-state index in [0.717, 1.165) is 36.8 Å². The van der Waals surface area contributed by atoms with Gasteiger partial charge in [-0.25, -0.2) is 0 Å². The molecule has 1 aromatic rings. The van der Waals surface area contributed by atoms with Gasteiger partial charge < -0.3 is 9.16 Å². The quantitative estimate of drug-likeness (QED) is 0.334. The molecular weight excluding hydrogens is 352 g/mol. The topological polar surface area (TPSA) is 35.5 Å². The van der Waals surface area contributed by atoms with Crippen molar-refractivity contribution in [1.82, 2.24) is 0 Å². The molecule has 2 atom stereocenters. The van der Waals surface area contributed by atoms with Gasteiger partial charge in [-0.3, -0.25) is 4.79 Å². The fourth-order valence-electron chi connectivity index (χ4n) is 3.12. The van der Waals surface area contributed by atoms with Crippen LogP contribution < -0.4 is 0 Å². The highest BCUT2D eigenvalue weighted by Gasteiger charge is 2.40. The van der Waals surface area contributed by atoms with E-state index < -0.39 is 8.32 Å². The van der Waals surface area contributed by atoms with Crippen LogP contribution in [0.3, 0.4) is 0 Å². The van der Waals surface area contributed by atoms with Gasteiger partial charge in [-0.15, -0.1) is 0 Å². The van der Waals surface area contributed by atoms with Crippen LogP contribution in [0.5, 0.6) is 0 Å². The molecule has 0 aromatic heterocycles. The lowest BCUT2D eigenvalue weighted by molar-refractivity contribution is -0.150. The van der Waals surface area contributed by atoms with Crippen molar-refractivity contribution in [2.45, 2.75) is 89.6 Å². The number of hydrogen-bond acceptors (Lipinski definition) is 3. The van der Waals surface area contributed by atoms with Gasteiger partial charge in [0.05, 0.1) is 6.10 Å². The van der Waals surface area contributed by atoms with Crippen LogP contribution in [-0.2, 0) is 14.0 Å². The summed E-state index contributed by atoms with van der Waals surface area (Å²) < 4.78 is 12.7. The molecule has 1 aliphatic rings. The predicted octanol–water partition coefficient (Wildman–Crippen LogP) is 6.57. The van der Waals surface area contributed by atoms with Gasteiger partial charge in [0.1, 0.15) is 6.10 Å². The number of rotatable bonds is 3. The third-order valence-electron chi connectivity index (χ3n) is 5.95. The van der Waals surface area contributed by atoms with Crippen LogP contribution in [0.4, 0.5) is 0 Å². The molecule has 2 rings (SSSR count). The van der Waals surface area contributed by atoms with Crippen LogP contribution in [0.25, 0.3) is 0 Å². The Kier molecular flexibility index (Phi) is 7.46. The molecule has 1 aliphatic heterocycles. The largest absolute Gasteiger partial charge is 0.457 e. The summed E-state index contributed by atoms with van der Waals surface area (Å²) in [5, 5.41) is 0.123. The number of ether oxygens (including phenoxy) is 1. The maximum Gasteiger partial charge on any atom is 0.306 e. The van der Waals surface area contributed by atoms with Gasteiger partial charge in [-0.1, -0.05) is 64.1 Å². The van der Waals surface area contributed by atoms with Gasteiger partial charge in [0, 0.05) is 12.8 Å². The van der Waals surface area contributed by atoms with Crippen LogP contribution in [0, 0.1) is 0 Å². The maximum absolute atomic E-state index is 12.4. The molecule has 0 radical (unpaired) electrons.